The van der Waals surface area contributed by atoms with Gasteiger partial charge in [-0.3, -0.25) is 0 Å². The highest BCUT2D eigenvalue weighted by atomic mass is 32.2. The maximum atomic E-state index is 10.7. The molecule has 5 rings (SSSR count). The van der Waals surface area contributed by atoms with E-state index in [-0.39, 0.29) is 16.9 Å². The molecule has 1 heterocycles. The van der Waals surface area contributed by atoms with Gasteiger partial charge in [0.2, 0.25) is 0 Å². The SMILES string of the molecule is C[C@H](CN1CCSCC1)[C@H]1CC[C@H]2C3=CC=C4C(C)(C)C(O)CC[C@]4(C)[C@H]3CC[C@]12C. The predicted octanol–water partition coefficient (Wildman–Crippen LogP) is 6.17. The number of thioether (sulfide) groups is 1. The van der Waals surface area contributed by atoms with Gasteiger partial charge in [-0.2, -0.15) is 11.8 Å². The van der Waals surface area contributed by atoms with Crippen LogP contribution in [0.3, 0.4) is 0 Å². The Balaban J connectivity index is 1.40. The molecule has 1 aliphatic heterocycles. The molecule has 3 saturated carbocycles. The first kappa shape index (κ1) is 22.5. The maximum Gasteiger partial charge on any atom is 0.0628 e. The van der Waals surface area contributed by atoms with Crippen molar-refractivity contribution >= 4 is 11.8 Å². The topological polar surface area (TPSA) is 23.5 Å². The summed E-state index contributed by atoms with van der Waals surface area (Å²) >= 11 is 2.13. The first-order chi connectivity index (χ1) is 14.7. The van der Waals surface area contributed by atoms with Gasteiger partial charge in [0.05, 0.1) is 6.10 Å². The van der Waals surface area contributed by atoms with Gasteiger partial charge in [0.1, 0.15) is 0 Å². The average Bonchev–Trinajstić information content (AvgIpc) is 3.09. The molecule has 5 aliphatic rings. The van der Waals surface area contributed by atoms with Crippen LogP contribution in [0.25, 0.3) is 0 Å². The summed E-state index contributed by atoms with van der Waals surface area (Å²) in [6.07, 6.45) is 12.5. The monoisotopic (exact) mass is 443 g/mol. The number of allylic oxidation sites excluding steroid dienone is 3. The molecule has 0 aromatic heterocycles. The number of hydrogen-bond acceptors (Lipinski definition) is 3. The second-order valence-corrected chi connectivity index (χ2v) is 13.9. The van der Waals surface area contributed by atoms with Crippen LogP contribution in [0.4, 0.5) is 0 Å². The molecular weight excluding hydrogens is 398 g/mol. The number of aliphatic hydroxyl groups is 1. The van der Waals surface area contributed by atoms with E-state index < -0.39 is 0 Å². The molecule has 7 atom stereocenters. The first-order valence-corrected chi connectivity index (χ1v) is 14.2. The van der Waals surface area contributed by atoms with Gasteiger partial charge in [0.25, 0.3) is 0 Å². The Kier molecular flexibility index (Phi) is 5.75. The molecule has 4 fully saturated rings. The van der Waals surface area contributed by atoms with Crippen LogP contribution in [0, 0.1) is 39.9 Å². The van der Waals surface area contributed by atoms with E-state index in [4.69, 9.17) is 0 Å². The summed E-state index contributed by atoms with van der Waals surface area (Å²) in [7, 11) is 0. The minimum atomic E-state index is -0.194. The van der Waals surface area contributed by atoms with Crippen molar-refractivity contribution in [1.29, 1.82) is 0 Å². The molecule has 0 spiro atoms. The highest BCUT2D eigenvalue weighted by molar-refractivity contribution is 7.99. The van der Waals surface area contributed by atoms with Gasteiger partial charge < -0.3 is 10.0 Å². The highest BCUT2D eigenvalue weighted by Crippen LogP contribution is 2.67. The summed E-state index contributed by atoms with van der Waals surface area (Å²) in [6, 6.07) is 0. The van der Waals surface area contributed by atoms with Crippen molar-refractivity contribution in [3.8, 4) is 0 Å². The molecule has 2 nitrogen and oxygen atoms in total. The Morgan fingerprint density at radius 3 is 2.48 bits per heavy atom. The van der Waals surface area contributed by atoms with E-state index in [0.29, 0.717) is 11.3 Å². The number of hydrogen-bond donors (Lipinski definition) is 1. The van der Waals surface area contributed by atoms with Crippen molar-refractivity contribution in [3.05, 3.63) is 23.3 Å². The summed E-state index contributed by atoms with van der Waals surface area (Å²) in [5, 5.41) is 10.7. The van der Waals surface area contributed by atoms with Gasteiger partial charge in [-0.05, 0) is 73.0 Å². The van der Waals surface area contributed by atoms with Gasteiger partial charge >= 0.3 is 0 Å². The van der Waals surface area contributed by atoms with E-state index in [1.807, 2.05) is 0 Å². The Hall–Kier alpha value is -0.250. The number of fused-ring (bicyclic) bond motifs is 5. The first-order valence-electron chi connectivity index (χ1n) is 13.1. The molecule has 1 unspecified atom stereocenters. The standard InChI is InChI=1S/C28H45NOS/c1-19(18-29-14-16-31-17-15-29)21-7-8-22-20-6-9-24-26(2,3)25(30)11-13-28(24,5)23(20)10-12-27(21,22)4/h6,9,19,21-23,25,30H,7-8,10-18H2,1-5H3/t19-,21-,22+,23+,25?,27-,28-/m1/s1. The molecule has 31 heavy (non-hydrogen) atoms. The molecule has 0 radical (unpaired) electrons. The van der Waals surface area contributed by atoms with Crippen LogP contribution in [0.1, 0.15) is 73.1 Å². The fourth-order valence-corrected chi connectivity index (χ4v) is 9.98. The van der Waals surface area contributed by atoms with E-state index in [0.717, 1.165) is 30.6 Å². The lowest BCUT2D eigenvalue weighted by atomic mass is 9.47. The number of nitrogens with zero attached hydrogens (tertiary/aromatic N) is 1. The lowest BCUT2D eigenvalue weighted by molar-refractivity contribution is -0.0179. The van der Waals surface area contributed by atoms with Crippen LogP contribution in [0.15, 0.2) is 23.3 Å². The van der Waals surface area contributed by atoms with Gasteiger partial charge in [-0.25, -0.2) is 0 Å². The van der Waals surface area contributed by atoms with Crippen molar-refractivity contribution in [2.45, 2.75) is 79.2 Å². The van der Waals surface area contributed by atoms with Crippen LogP contribution in [-0.2, 0) is 0 Å². The third-order valence-electron chi connectivity index (χ3n) is 10.8. The lowest BCUT2D eigenvalue weighted by Gasteiger charge is -2.58. The number of aliphatic hydroxyl groups excluding tert-OH is 1. The Morgan fingerprint density at radius 1 is 1.00 bits per heavy atom. The van der Waals surface area contributed by atoms with E-state index in [9.17, 15) is 5.11 Å². The third-order valence-corrected chi connectivity index (χ3v) is 11.8. The van der Waals surface area contributed by atoms with Crippen molar-refractivity contribution in [2.24, 2.45) is 39.9 Å². The summed E-state index contributed by atoms with van der Waals surface area (Å²) in [4.78, 5) is 2.74. The highest BCUT2D eigenvalue weighted by Gasteiger charge is 2.59. The summed E-state index contributed by atoms with van der Waals surface area (Å²) in [6.45, 7) is 16.2. The van der Waals surface area contributed by atoms with E-state index in [1.54, 1.807) is 5.57 Å². The minimum Gasteiger partial charge on any atom is -0.392 e. The van der Waals surface area contributed by atoms with Crippen molar-refractivity contribution in [2.75, 3.05) is 31.1 Å². The Bertz CT molecular complexity index is 765. The van der Waals surface area contributed by atoms with Crippen molar-refractivity contribution in [3.63, 3.8) is 0 Å². The second-order valence-electron chi connectivity index (χ2n) is 12.7. The second kappa shape index (κ2) is 7.91. The van der Waals surface area contributed by atoms with E-state index in [1.165, 1.54) is 62.4 Å². The molecule has 3 heteroatoms. The Labute approximate surface area is 195 Å². The molecule has 0 aromatic carbocycles. The van der Waals surface area contributed by atoms with Gasteiger partial charge in [-0.1, -0.05) is 57.9 Å². The average molecular weight is 444 g/mol. The van der Waals surface area contributed by atoms with E-state index in [2.05, 4.69) is 63.4 Å². The van der Waals surface area contributed by atoms with Crippen molar-refractivity contribution < 1.29 is 5.11 Å². The van der Waals surface area contributed by atoms with Crippen LogP contribution < -0.4 is 0 Å². The van der Waals surface area contributed by atoms with E-state index >= 15 is 0 Å². The fraction of sp³-hybridized carbons (Fsp3) is 0.857. The van der Waals surface area contributed by atoms with Gasteiger partial charge in [0.15, 0.2) is 0 Å². The maximum absolute atomic E-state index is 10.7. The molecule has 1 saturated heterocycles. The quantitative estimate of drug-likeness (QED) is 0.564. The van der Waals surface area contributed by atoms with Gasteiger partial charge in [-0.15, -0.1) is 0 Å². The minimum absolute atomic E-state index is 0.0881. The van der Waals surface area contributed by atoms with Crippen LogP contribution in [0.2, 0.25) is 0 Å². The predicted molar refractivity (Wildman–Crippen MR) is 133 cm³/mol. The largest absolute Gasteiger partial charge is 0.392 e. The third kappa shape index (κ3) is 3.43. The van der Waals surface area contributed by atoms with Crippen LogP contribution >= 0.6 is 11.8 Å². The zero-order valence-corrected chi connectivity index (χ0v) is 21.4. The van der Waals surface area contributed by atoms with Gasteiger partial charge in [0, 0.05) is 36.6 Å². The molecule has 174 valence electrons. The summed E-state index contributed by atoms with van der Waals surface area (Å²) in [5.74, 6) is 5.81. The Morgan fingerprint density at radius 2 is 1.74 bits per heavy atom. The van der Waals surface area contributed by atoms with Crippen molar-refractivity contribution in [1.82, 2.24) is 4.90 Å². The summed E-state index contributed by atoms with van der Waals surface area (Å²) < 4.78 is 0. The zero-order chi connectivity index (χ0) is 22.0. The molecule has 1 N–H and O–H groups in total. The summed E-state index contributed by atoms with van der Waals surface area (Å²) in [5.41, 5.74) is 3.97. The molecule has 0 aromatic rings. The zero-order valence-electron chi connectivity index (χ0n) is 20.6. The molecule has 0 amide bonds. The molecule has 0 bridgehead atoms. The lowest BCUT2D eigenvalue weighted by Crippen LogP contribution is -2.51. The van der Waals surface area contributed by atoms with Crippen LogP contribution in [-0.4, -0.2) is 47.3 Å². The normalized spacial score (nSPS) is 45.7. The number of rotatable bonds is 3. The van der Waals surface area contributed by atoms with Crippen LogP contribution in [0.5, 0.6) is 0 Å². The smallest absolute Gasteiger partial charge is 0.0628 e. The molecular formula is C28H45NOS. The molecule has 4 aliphatic carbocycles. The fourth-order valence-electron chi connectivity index (χ4n) is 9.00.